The van der Waals surface area contributed by atoms with Crippen molar-refractivity contribution < 1.29 is 4.79 Å². The third-order valence-corrected chi connectivity index (χ3v) is 5.52. The van der Waals surface area contributed by atoms with E-state index in [1.807, 2.05) is 0 Å². The van der Waals surface area contributed by atoms with Crippen LogP contribution in [0.5, 0.6) is 0 Å². The minimum Gasteiger partial charge on any atom is -0.353 e. The van der Waals surface area contributed by atoms with E-state index in [4.69, 9.17) is 0 Å². The average molecular weight is 304 g/mol. The Morgan fingerprint density at radius 2 is 2.05 bits per heavy atom. The van der Waals surface area contributed by atoms with Gasteiger partial charge in [0, 0.05) is 10.9 Å². The van der Waals surface area contributed by atoms with Crippen LogP contribution in [0, 0.1) is 0 Å². The molecule has 3 rings (SSSR count). The van der Waals surface area contributed by atoms with Crippen LogP contribution in [-0.4, -0.2) is 42.7 Å². The van der Waals surface area contributed by atoms with E-state index in [0.29, 0.717) is 11.8 Å². The number of carbonyl (C=O) groups excluding carboxylic acids is 1. The summed E-state index contributed by atoms with van der Waals surface area (Å²) in [5.41, 5.74) is 2.98. The number of nitrogens with one attached hydrogen (secondary N) is 1. The zero-order valence-electron chi connectivity index (χ0n) is 12.7. The van der Waals surface area contributed by atoms with E-state index in [9.17, 15) is 4.79 Å². The lowest BCUT2D eigenvalue weighted by Gasteiger charge is -2.29. The quantitative estimate of drug-likeness (QED) is 0.867. The number of carbonyl (C=O) groups is 1. The second kappa shape index (κ2) is 6.84. The maximum atomic E-state index is 12.1. The molecule has 0 unspecified atom stereocenters. The van der Waals surface area contributed by atoms with Gasteiger partial charge in [-0.1, -0.05) is 6.07 Å². The standard InChI is InChI=1S/C17H24N2OS/c1-19-9-7-15(8-10-19)18-17(20)12-21-16-6-5-13-3-2-4-14(13)11-16/h5-6,11,15H,2-4,7-10,12H2,1H3,(H,18,20). The molecule has 1 heterocycles. The molecule has 1 aromatic rings. The van der Waals surface area contributed by atoms with Crippen molar-refractivity contribution in [1.29, 1.82) is 0 Å². The largest absolute Gasteiger partial charge is 0.353 e. The molecule has 1 fully saturated rings. The fourth-order valence-corrected chi connectivity index (χ4v) is 3.98. The molecule has 1 amide bonds. The van der Waals surface area contributed by atoms with Gasteiger partial charge < -0.3 is 10.2 Å². The summed E-state index contributed by atoms with van der Waals surface area (Å²) in [6.45, 7) is 2.17. The SMILES string of the molecule is CN1CCC(NC(=O)CSc2ccc3c(c2)CCC3)CC1. The van der Waals surface area contributed by atoms with E-state index in [1.165, 1.54) is 35.3 Å². The number of thioether (sulfide) groups is 1. The van der Waals surface area contributed by atoms with Gasteiger partial charge in [0.2, 0.25) is 5.91 Å². The van der Waals surface area contributed by atoms with Crippen LogP contribution in [0.4, 0.5) is 0 Å². The predicted molar refractivity (Wildman–Crippen MR) is 87.9 cm³/mol. The Kier molecular flexibility index (Phi) is 4.86. The molecule has 3 nitrogen and oxygen atoms in total. The van der Waals surface area contributed by atoms with E-state index in [2.05, 4.69) is 35.5 Å². The lowest BCUT2D eigenvalue weighted by atomic mass is 10.1. The summed E-state index contributed by atoms with van der Waals surface area (Å²) in [4.78, 5) is 15.6. The summed E-state index contributed by atoms with van der Waals surface area (Å²) >= 11 is 1.66. The van der Waals surface area contributed by atoms with Gasteiger partial charge in [-0.3, -0.25) is 4.79 Å². The first-order valence-corrected chi connectivity index (χ1v) is 8.92. The Morgan fingerprint density at radius 1 is 1.29 bits per heavy atom. The zero-order valence-corrected chi connectivity index (χ0v) is 13.5. The fourth-order valence-electron chi connectivity index (χ4n) is 3.21. The van der Waals surface area contributed by atoms with Gasteiger partial charge in [0.05, 0.1) is 5.75 Å². The number of amides is 1. The van der Waals surface area contributed by atoms with Crippen LogP contribution in [0.1, 0.15) is 30.4 Å². The molecule has 0 aromatic heterocycles. The third-order valence-electron chi connectivity index (χ3n) is 4.52. The van der Waals surface area contributed by atoms with Gasteiger partial charge in [0.25, 0.3) is 0 Å². The fraction of sp³-hybridized carbons (Fsp3) is 0.588. The number of rotatable bonds is 4. The highest BCUT2D eigenvalue weighted by molar-refractivity contribution is 8.00. The molecule has 21 heavy (non-hydrogen) atoms. The maximum Gasteiger partial charge on any atom is 0.230 e. The van der Waals surface area contributed by atoms with Crippen molar-refractivity contribution in [1.82, 2.24) is 10.2 Å². The summed E-state index contributed by atoms with van der Waals surface area (Å²) in [6.07, 6.45) is 5.85. The van der Waals surface area contributed by atoms with Crippen LogP contribution in [0.25, 0.3) is 0 Å². The number of fused-ring (bicyclic) bond motifs is 1. The van der Waals surface area contributed by atoms with Gasteiger partial charge in [-0.05, 0) is 75.5 Å². The number of hydrogen-bond acceptors (Lipinski definition) is 3. The molecule has 0 atom stereocenters. The molecule has 4 heteroatoms. The first-order chi connectivity index (χ1) is 10.2. The van der Waals surface area contributed by atoms with Gasteiger partial charge in [-0.2, -0.15) is 0 Å². The number of likely N-dealkylation sites (tertiary alicyclic amines) is 1. The van der Waals surface area contributed by atoms with Gasteiger partial charge in [-0.25, -0.2) is 0 Å². The molecule has 1 aromatic carbocycles. The first-order valence-electron chi connectivity index (χ1n) is 7.93. The van der Waals surface area contributed by atoms with E-state index in [0.717, 1.165) is 25.9 Å². The van der Waals surface area contributed by atoms with Crippen molar-refractivity contribution in [2.24, 2.45) is 0 Å². The number of nitrogens with zero attached hydrogens (tertiary/aromatic N) is 1. The maximum absolute atomic E-state index is 12.1. The lowest BCUT2D eigenvalue weighted by molar-refractivity contribution is -0.119. The highest BCUT2D eigenvalue weighted by Crippen LogP contribution is 2.27. The molecule has 1 N–H and O–H groups in total. The molecule has 1 aliphatic heterocycles. The number of piperidine rings is 1. The average Bonchev–Trinajstić information content (AvgIpc) is 2.95. The van der Waals surface area contributed by atoms with Crippen molar-refractivity contribution in [3.63, 3.8) is 0 Å². The van der Waals surface area contributed by atoms with Gasteiger partial charge in [0.15, 0.2) is 0 Å². The van der Waals surface area contributed by atoms with E-state index in [1.54, 1.807) is 11.8 Å². The smallest absolute Gasteiger partial charge is 0.230 e. The minimum absolute atomic E-state index is 0.176. The van der Waals surface area contributed by atoms with Crippen LogP contribution >= 0.6 is 11.8 Å². The molecule has 0 saturated carbocycles. The van der Waals surface area contributed by atoms with Crippen LogP contribution in [0.3, 0.4) is 0 Å². The summed E-state index contributed by atoms with van der Waals surface area (Å²) in [6, 6.07) is 7.04. The molecular weight excluding hydrogens is 280 g/mol. The Hall–Kier alpha value is -1.00. The number of aryl methyl sites for hydroxylation is 2. The molecule has 114 valence electrons. The van der Waals surface area contributed by atoms with Crippen molar-refractivity contribution in [3.8, 4) is 0 Å². The van der Waals surface area contributed by atoms with Crippen LogP contribution in [-0.2, 0) is 17.6 Å². The van der Waals surface area contributed by atoms with Crippen LogP contribution in [0.2, 0.25) is 0 Å². The monoisotopic (exact) mass is 304 g/mol. The summed E-state index contributed by atoms with van der Waals surface area (Å²) in [5.74, 6) is 0.709. The second-order valence-corrected chi connectivity index (χ2v) is 7.27. The third kappa shape index (κ3) is 4.01. The molecule has 1 saturated heterocycles. The van der Waals surface area contributed by atoms with Gasteiger partial charge in [0.1, 0.15) is 0 Å². The summed E-state index contributed by atoms with van der Waals surface area (Å²) in [7, 11) is 2.14. The normalized spacial score (nSPS) is 19.5. The molecule has 2 aliphatic rings. The number of benzene rings is 1. The van der Waals surface area contributed by atoms with Gasteiger partial charge >= 0.3 is 0 Å². The Balaban J connectivity index is 1.45. The van der Waals surface area contributed by atoms with Crippen molar-refractivity contribution >= 4 is 17.7 Å². The minimum atomic E-state index is 0.176. The van der Waals surface area contributed by atoms with E-state index >= 15 is 0 Å². The predicted octanol–water partition coefficient (Wildman–Crippen LogP) is 2.48. The topological polar surface area (TPSA) is 32.3 Å². The van der Waals surface area contributed by atoms with Crippen molar-refractivity contribution in [2.45, 2.75) is 43.0 Å². The van der Waals surface area contributed by atoms with Crippen LogP contribution in [0.15, 0.2) is 23.1 Å². The second-order valence-electron chi connectivity index (χ2n) is 6.22. The number of hydrogen-bond donors (Lipinski definition) is 1. The lowest BCUT2D eigenvalue weighted by Crippen LogP contribution is -2.43. The highest BCUT2D eigenvalue weighted by Gasteiger charge is 2.18. The van der Waals surface area contributed by atoms with Crippen LogP contribution < -0.4 is 5.32 Å². The molecule has 1 aliphatic carbocycles. The zero-order chi connectivity index (χ0) is 14.7. The highest BCUT2D eigenvalue weighted by atomic mass is 32.2. The Bertz CT molecular complexity index is 510. The molecular formula is C17H24N2OS. The Morgan fingerprint density at radius 3 is 2.86 bits per heavy atom. The first kappa shape index (κ1) is 14.9. The van der Waals surface area contributed by atoms with Gasteiger partial charge in [-0.15, -0.1) is 11.8 Å². The summed E-state index contributed by atoms with van der Waals surface area (Å²) < 4.78 is 0. The Labute approximate surface area is 131 Å². The molecule has 0 radical (unpaired) electrons. The molecule has 0 spiro atoms. The van der Waals surface area contributed by atoms with Crippen molar-refractivity contribution in [2.75, 3.05) is 25.9 Å². The van der Waals surface area contributed by atoms with E-state index in [-0.39, 0.29) is 5.91 Å². The van der Waals surface area contributed by atoms with E-state index < -0.39 is 0 Å². The summed E-state index contributed by atoms with van der Waals surface area (Å²) in [5, 5.41) is 3.18. The molecule has 0 bridgehead atoms. The van der Waals surface area contributed by atoms with Crippen molar-refractivity contribution in [3.05, 3.63) is 29.3 Å².